The summed E-state index contributed by atoms with van der Waals surface area (Å²) in [4.78, 5) is 4.49. The number of pyridine rings is 1. The Kier molecular flexibility index (Phi) is 7.76. The van der Waals surface area contributed by atoms with E-state index in [0.717, 1.165) is 22.2 Å². The van der Waals surface area contributed by atoms with Gasteiger partial charge < -0.3 is 4.18 Å². The van der Waals surface area contributed by atoms with Crippen LogP contribution in [0.4, 0.5) is 17.6 Å². The molecule has 0 N–H and O–H groups in total. The lowest BCUT2D eigenvalue weighted by molar-refractivity contribution is -0.0500. The smallest absolute Gasteiger partial charge is 0.376 e. The first-order valence-corrected chi connectivity index (χ1v) is 15.1. The van der Waals surface area contributed by atoms with Crippen molar-refractivity contribution in [1.29, 1.82) is 0 Å². The first-order valence-electron chi connectivity index (χ1n) is 12.1. The number of fused-ring (bicyclic) bond motifs is 1. The fourth-order valence-corrected chi connectivity index (χ4v) is 6.32. The Labute approximate surface area is 229 Å². The predicted molar refractivity (Wildman–Crippen MR) is 143 cm³/mol. The Bertz CT molecular complexity index is 1780. The SMILES string of the molecule is Cc1cc(OS(=O)(=O)C(F)(F)F)cc(C)c1Cc1nc2c(C(C)C)cn(S(=O)(=O)Cc3ccccc3)c2cc1F. The number of halogens is 4. The average molecular weight is 599 g/mol. The summed E-state index contributed by atoms with van der Waals surface area (Å²) in [6.45, 7) is 6.77. The molecule has 2 aromatic heterocycles. The quantitative estimate of drug-likeness (QED) is 0.138. The zero-order valence-corrected chi connectivity index (χ0v) is 23.6. The van der Waals surface area contributed by atoms with Gasteiger partial charge in [-0.25, -0.2) is 21.8 Å². The van der Waals surface area contributed by atoms with E-state index >= 15 is 4.39 Å². The monoisotopic (exact) mass is 598 g/mol. The highest BCUT2D eigenvalue weighted by Gasteiger charge is 2.48. The van der Waals surface area contributed by atoms with Crippen molar-refractivity contribution in [2.75, 3.05) is 0 Å². The first kappa shape index (κ1) is 29.5. The number of benzene rings is 2. The number of aromatic nitrogens is 2. The molecule has 0 aliphatic rings. The summed E-state index contributed by atoms with van der Waals surface area (Å²) in [5.74, 6) is -1.73. The topological polar surface area (TPSA) is 95.3 Å². The van der Waals surface area contributed by atoms with Crippen LogP contribution in [0.15, 0.2) is 54.7 Å². The third-order valence-electron chi connectivity index (χ3n) is 6.41. The van der Waals surface area contributed by atoms with E-state index in [-0.39, 0.29) is 29.3 Å². The summed E-state index contributed by atoms with van der Waals surface area (Å²) in [5, 5.41) is 0. The van der Waals surface area contributed by atoms with E-state index in [1.807, 2.05) is 13.8 Å². The molecule has 40 heavy (non-hydrogen) atoms. The molecule has 4 rings (SSSR count). The Morgan fingerprint density at radius 3 is 2.12 bits per heavy atom. The van der Waals surface area contributed by atoms with Gasteiger partial charge in [-0.05, 0) is 59.7 Å². The van der Waals surface area contributed by atoms with Crippen molar-refractivity contribution < 1.29 is 38.6 Å². The van der Waals surface area contributed by atoms with Crippen molar-refractivity contribution >= 4 is 31.2 Å². The minimum Gasteiger partial charge on any atom is -0.376 e. The van der Waals surface area contributed by atoms with E-state index in [0.29, 0.717) is 33.3 Å². The summed E-state index contributed by atoms with van der Waals surface area (Å²) in [7, 11) is -9.77. The second-order valence-electron chi connectivity index (χ2n) is 9.76. The van der Waals surface area contributed by atoms with Crippen LogP contribution in [0.3, 0.4) is 0 Å². The van der Waals surface area contributed by atoms with Gasteiger partial charge in [-0.15, -0.1) is 0 Å². The van der Waals surface area contributed by atoms with Crippen LogP contribution in [0, 0.1) is 19.7 Å². The van der Waals surface area contributed by atoms with Gasteiger partial charge >= 0.3 is 15.6 Å². The van der Waals surface area contributed by atoms with Gasteiger partial charge in [0.15, 0.2) is 0 Å². The van der Waals surface area contributed by atoms with Crippen LogP contribution in [-0.4, -0.2) is 31.3 Å². The summed E-state index contributed by atoms with van der Waals surface area (Å²) in [6, 6.07) is 11.9. The van der Waals surface area contributed by atoms with Gasteiger partial charge in [0.25, 0.3) is 0 Å². The van der Waals surface area contributed by atoms with Crippen LogP contribution in [0.5, 0.6) is 5.75 Å². The van der Waals surface area contributed by atoms with Gasteiger partial charge in [0, 0.05) is 18.7 Å². The molecule has 0 aliphatic carbocycles. The Hall–Kier alpha value is -3.45. The van der Waals surface area contributed by atoms with Crippen LogP contribution in [-0.2, 0) is 32.3 Å². The fourth-order valence-electron chi connectivity index (χ4n) is 4.41. The molecule has 0 aliphatic heterocycles. The molecule has 0 atom stereocenters. The van der Waals surface area contributed by atoms with E-state index in [4.69, 9.17) is 0 Å². The van der Waals surface area contributed by atoms with Crippen molar-refractivity contribution in [1.82, 2.24) is 8.96 Å². The molecule has 0 unspecified atom stereocenters. The number of nitrogens with zero attached hydrogens (tertiary/aromatic N) is 2. The highest BCUT2D eigenvalue weighted by Crippen LogP contribution is 2.33. The van der Waals surface area contributed by atoms with E-state index in [9.17, 15) is 30.0 Å². The van der Waals surface area contributed by atoms with Crippen LogP contribution >= 0.6 is 0 Å². The molecule has 0 fully saturated rings. The molecular weight excluding hydrogens is 572 g/mol. The second-order valence-corrected chi connectivity index (χ2v) is 13.1. The first-order chi connectivity index (χ1) is 18.5. The normalized spacial score (nSPS) is 12.8. The zero-order chi connectivity index (χ0) is 29.6. The van der Waals surface area contributed by atoms with E-state index in [1.54, 1.807) is 30.3 Å². The lowest BCUT2D eigenvalue weighted by Crippen LogP contribution is -2.28. The van der Waals surface area contributed by atoms with Gasteiger partial charge in [-0.1, -0.05) is 44.2 Å². The van der Waals surface area contributed by atoms with E-state index in [1.165, 1.54) is 20.0 Å². The van der Waals surface area contributed by atoms with Gasteiger partial charge in [0.2, 0.25) is 10.0 Å². The minimum absolute atomic E-state index is 0.00427. The molecule has 4 aromatic rings. The van der Waals surface area contributed by atoms with Crippen molar-refractivity contribution in [2.24, 2.45) is 0 Å². The van der Waals surface area contributed by atoms with Crippen LogP contribution in [0.2, 0.25) is 0 Å². The molecule has 2 heterocycles. The third kappa shape index (κ3) is 5.85. The Balaban J connectivity index is 1.75. The molecule has 0 spiro atoms. The van der Waals surface area contributed by atoms with Crippen molar-refractivity contribution in [3.8, 4) is 5.75 Å². The number of alkyl halides is 3. The standard InChI is InChI=1S/C27H26F4N2O5S2/c1-16(2)22-14-33(39(34,35)15-19-8-6-5-7-9-19)25-13-23(28)24(32-26(22)25)12-21-17(3)10-20(11-18(21)4)38-40(36,37)27(29,30)31/h5-11,13-14,16H,12,15H2,1-4H3. The van der Waals surface area contributed by atoms with E-state index in [2.05, 4.69) is 9.17 Å². The molecule has 13 heteroatoms. The van der Waals surface area contributed by atoms with Crippen LogP contribution in [0.1, 0.15) is 53.3 Å². The lowest BCUT2D eigenvalue weighted by atomic mass is 9.97. The highest BCUT2D eigenvalue weighted by molar-refractivity contribution is 7.89. The van der Waals surface area contributed by atoms with Crippen molar-refractivity contribution in [3.05, 3.63) is 94.1 Å². The van der Waals surface area contributed by atoms with Gasteiger partial charge in [0.05, 0.1) is 22.5 Å². The molecule has 0 saturated carbocycles. The van der Waals surface area contributed by atoms with Crippen molar-refractivity contribution in [3.63, 3.8) is 0 Å². The summed E-state index contributed by atoms with van der Waals surface area (Å²) in [6.07, 6.45) is 1.37. The summed E-state index contributed by atoms with van der Waals surface area (Å²) in [5.41, 5.74) is -2.79. The molecule has 0 bridgehead atoms. The average Bonchev–Trinajstić information content (AvgIpc) is 3.20. The van der Waals surface area contributed by atoms with Gasteiger partial charge in [-0.2, -0.15) is 21.6 Å². The number of hydrogen-bond donors (Lipinski definition) is 0. The maximum absolute atomic E-state index is 15.4. The molecule has 2 aromatic carbocycles. The Morgan fingerprint density at radius 1 is 0.975 bits per heavy atom. The maximum Gasteiger partial charge on any atom is 0.534 e. The minimum atomic E-state index is -5.85. The summed E-state index contributed by atoms with van der Waals surface area (Å²) < 4.78 is 108. The fraction of sp³-hybridized carbons (Fsp3) is 0.296. The number of rotatable bonds is 8. The van der Waals surface area contributed by atoms with Gasteiger partial charge in [0.1, 0.15) is 11.6 Å². The molecule has 0 amide bonds. The van der Waals surface area contributed by atoms with E-state index < -0.39 is 37.2 Å². The molecule has 7 nitrogen and oxygen atoms in total. The lowest BCUT2D eigenvalue weighted by Gasteiger charge is -2.15. The van der Waals surface area contributed by atoms with Crippen molar-refractivity contribution in [2.45, 2.75) is 51.3 Å². The Morgan fingerprint density at radius 2 is 1.57 bits per heavy atom. The molecule has 0 saturated heterocycles. The van der Waals surface area contributed by atoms with Crippen LogP contribution in [0.25, 0.3) is 11.0 Å². The maximum atomic E-state index is 15.4. The zero-order valence-electron chi connectivity index (χ0n) is 22.0. The largest absolute Gasteiger partial charge is 0.534 e. The highest BCUT2D eigenvalue weighted by atomic mass is 32.2. The third-order valence-corrected chi connectivity index (χ3v) is 8.99. The van der Waals surface area contributed by atoms with Gasteiger partial charge in [-0.3, -0.25) is 0 Å². The summed E-state index contributed by atoms with van der Waals surface area (Å²) >= 11 is 0. The van der Waals surface area contributed by atoms with Crippen LogP contribution < -0.4 is 4.18 Å². The number of hydrogen-bond acceptors (Lipinski definition) is 6. The molecule has 214 valence electrons. The molecular formula is C27H26F4N2O5S2. The number of aryl methyl sites for hydroxylation is 2. The molecule has 0 radical (unpaired) electrons. The predicted octanol–water partition coefficient (Wildman–Crippen LogP) is 6.11. The second kappa shape index (κ2) is 10.5.